The zero-order valence-electron chi connectivity index (χ0n) is 13.3. The number of nitrogens with one attached hydrogen (secondary N) is 1. The van der Waals surface area contributed by atoms with Crippen molar-refractivity contribution in [1.82, 2.24) is 20.2 Å². The third-order valence-electron chi connectivity index (χ3n) is 3.37. The summed E-state index contributed by atoms with van der Waals surface area (Å²) in [7, 11) is 0. The molecule has 0 saturated heterocycles. The van der Waals surface area contributed by atoms with E-state index in [-0.39, 0.29) is 5.91 Å². The lowest BCUT2D eigenvalue weighted by Gasteiger charge is -2.11. The van der Waals surface area contributed by atoms with Gasteiger partial charge >= 0.3 is 0 Å². The number of nitrogens with zero attached hydrogens (tertiary/aromatic N) is 5. The van der Waals surface area contributed by atoms with Gasteiger partial charge in [-0.15, -0.1) is 5.10 Å². The Morgan fingerprint density at radius 1 is 1.20 bits per heavy atom. The minimum Gasteiger partial charge on any atom is -0.325 e. The highest BCUT2D eigenvalue weighted by Crippen LogP contribution is 2.23. The van der Waals surface area contributed by atoms with Crippen molar-refractivity contribution in [2.75, 3.05) is 5.32 Å². The van der Waals surface area contributed by atoms with E-state index in [1.165, 1.54) is 11.8 Å². The smallest absolute Gasteiger partial charge is 0.237 e. The second-order valence-corrected chi connectivity index (χ2v) is 6.46. The molecule has 0 fully saturated rings. The third kappa shape index (κ3) is 4.02. The summed E-state index contributed by atoms with van der Waals surface area (Å²) in [6.07, 6.45) is 0. The van der Waals surface area contributed by atoms with E-state index in [1.807, 2.05) is 36.4 Å². The Kier molecular flexibility index (Phi) is 5.06. The molecule has 2 aromatic carbocycles. The molecule has 0 aliphatic heterocycles. The molecule has 1 amide bonds. The number of rotatable bonds is 5. The summed E-state index contributed by atoms with van der Waals surface area (Å²) < 4.78 is 1.59. The molecular weight excluding hydrogens is 336 g/mol. The number of amides is 1. The molecule has 124 valence electrons. The Morgan fingerprint density at radius 2 is 1.92 bits per heavy atom. The van der Waals surface area contributed by atoms with Crippen LogP contribution in [0.2, 0.25) is 0 Å². The maximum absolute atomic E-state index is 12.4. The van der Waals surface area contributed by atoms with Gasteiger partial charge in [-0.2, -0.15) is 9.94 Å². The molecule has 0 radical (unpaired) electrons. The summed E-state index contributed by atoms with van der Waals surface area (Å²) >= 11 is 1.27. The van der Waals surface area contributed by atoms with E-state index >= 15 is 0 Å². The minimum absolute atomic E-state index is 0.169. The first kappa shape index (κ1) is 16.7. The Labute approximate surface area is 148 Å². The lowest BCUT2D eigenvalue weighted by atomic mass is 10.2. The summed E-state index contributed by atoms with van der Waals surface area (Å²) in [6.45, 7) is 1.79. The average Bonchev–Trinajstić information content (AvgIpc) is 3.11. The van der Waals surface area contributed by atoms with Crippen LogP contribution in [-0.2, 0) is 4.79 Å². The van der Waals surface area contributed by atoms with Crippen molar-refractivity contribution in [1.29, 1.82) is 5.26 Å². The Bertz CT molecular complexity index is 901. The molecule has 0 spiro atoms. The number of carbonyl (C=O) groups excluding carboxylic acids is 1. The van der Waals surface area contributed by atoms with Crippen molar-refractivity contribution in [3.05, 3.63) is 60.2 Å². The maximum atomic E-state index is 12.4. The SMILES string of the molecule is C[C@@H](Sc1nnnn1-c1ccccc1)C(=O)Nc1ccc(C#N)cc1. The highest BCUT2D eigenvalue weighted by atomic mass is 32.2. The van der Waals surface area contributed by atoms with Gasteiger partial charge in [0.15, 0.2) is 0 Å². The molecule has 0 unspecified atom stereocenters. The molecule has 1 N–H and O–H groups in total. The van der Waals surface area contributed by atoms with Crippen LogP contribution < -0.4 is 5.32 Å². The number of benzene rings is 2. The Balaban J connectivity index is 1.68. The van der Waals surface area contributed by atoms with Gasteiger partial charge in [-0.05, 0) is 53.7 Å². The van der Waals surface area contributed by atoms with Crippen molar-refractivity contribution in [3.8, 4) is 11.8 Å². The Hall–Kier alpha value is -3.18. The van der Waals surface area contributed by atoms with Crippen molar-refractivity contribution in [3.63, 3.8) is 0 Å². The molecule has 3 aromatic rings. The predicted molar refractivity (Wildman–Crippen MR) is 94.3 cm³/mol. The number of tetrazole rings is 1. The number of hydrogen-bond donors (Lipinski definition) is 1. The fourth-order valence-electron chi connectivity index (χ4n) is 2.07. The fourth-order valence-corrected chi connectivity index (χ4v) is 2.87. The molecule has 0 saturated carbocycles. The Morgan fingerprint density at radius 3 is 2.60 bits per heavy atom. The van der Waals surface area contributed by atoms with Gasteiger partial charge in [0.2, 0.25) is 11.1 Å². The number of nitriles is 1. The first-order valence-electron chi connectivity index (χ1n) is 7.49. The van der Waals surface area contributed by atoms with E-state index in [0.29, 0.717) is 16.4 Å². The summed E-state index contributed by atoms with van der Waals surface area (Å²) in [5, 5.41) is 23.4. The van der Waals surface area contributed by atoms with E-state index in [1.54, 1.807) is 35.9 Å². The van der Waals surface area contributed by atoms with Crippen LogP contribution >= 0.6 is 11.8 Å². The van der Waals surface area contributed by atoms with Crippen LogP contribution in [0.15, 0.2) is 59.8 Å². The van der Waals surface area contributed by atoms with Gasteiger partial charge in [0.25, 0.3) is 0 Å². The van der Waals surface area contributed by atoms with E-state index in [4.69, 9.17) is 5.26 Å². The summed E-state index contributed by atoms with van der Waals surface area (Å²) in [4.78, 5) is 12.4. The van der Waals surface area contributed by atoms with Gasteiger partial charge in [0.1, 0.15) is 0 Å². The van der Waals surface area contributed by atoms with E-state index in [9.17, 15) is 4.79 Å². The highest BCUT2D eigenvalue weighted by Gasteiger charge is 2.19. The zero-order valence-corrected chi connectivity index (χ0v) is 14.1. The third-order valence-corrected chi connectivity index (χ3v) is 4.41. The number of thioether (sulfide) groups is 1. The molecule has 1 aromatic heterocycles. The monoisotopic (exact) mass is 350 g/mol. The first-order valence-corrected chi connectivity index (χ1v) is 8.37. The second kappa shape index (κ2) is 7.59. The van der Waals surface area contributed by atoms with Crippen LogP contribution in [0.4, 0.5) is 5.69 Å². The first-order chi connectivity index (χ1) is 12.2. The van der Waals surface area contributed by atoms with Gasteiger partial charge in [0.05, 0.1) is 22.6 Å². The van der Waals surface area contributed by atoms with Crippen molar-refractivity contribution in [2.45, 2.75) is 17.3 Å². The second-order valence-electron chi connectivity index (χ2n) is 5.15. The molecule has 3 rings (SSSR count). The van der Waals surface area contributed by atoms with Crippen LogP contribution in [0.5, 0.6) is 0 Å². The molecular formula is C17H14N6OS. The van der Waals surface area contributed by atoms with Gasteiger partial charge in [-0.1, -0.05) is 30.0 Å². The molecule has 0 aliphatic carbocycles. The molecule has 25 heavy (non-hydrogen) atoms. The van der Waals surface area contributed by atoms with Crippen LogP contribution in [0.1, 0.15) is 12.5 Å². The van der Waals surface area contributed by atoms with Gasteiger partial charge in [-0.25, -0.2) is 0 Å². The van der Waals surface area contributed by atoms with E-state index in [0.717, 1.165) is 5.69 Å². The van der Waals surface area contributed by atoms with Crippen LogP contribution in [0.3, 0.4) is 0 Å². The molecule has 0 aliphatic rings. The van der Waals surface area contributed by atoms with Gasteiger partial charge < -0.3 is 5.32 Å². The fraction of sp³-hybridized carbons (Fsp3) is 0.118. The normalized spacial score (nSPS) is 11.5. The van der Waals surface area contributed by atoms with Crippen molar-refractivity contribution in [2.24, 2.45) is 0 Å². The predicted octanol–water partition coefficient (Wildman–Crippen LogP) is 2.65. The number of para-hydroxylation sites is 1. The lowest BCUT2D eigenvalue weighted by Crippen LogP contribution is -2.22. The van der Waals surface area contributed by atoms with Gasteiger partial charge in [0, 0.05) is 5.69 Å². The lowest BCUT2D eigenvalue weighted by molar-refractivity contribution is -0.115. The average molecular weight is 350 g/mol. The number of hydrogen-bond acceptors (Lipinski definition) is 6. The van der Waals surface area contributed by atoms with Crippen LogP contribution in [0.25, 0.3) is 5.69 Å². The zero-order chi connectivity index (χ0) is 17.6. The largest absolute Gasteiger partial charge is 0.325 e. The number of carbonyl (C=O) groups is 1. The minimum atomic E-state index is -0.399. The quantitative estimate of drug-likeness (QED) is 0.711. The topological polar surface area (TPSA) is 96.5 Å². The molecule has 1 atom stereocenters. The molecule has 7 nitrogen and oxygen atoms in total. The van der Waals surface area contributed by atoms with Crippen LogP contribution in [-0.4, -0.2) is 31.4 Å². The molecule has 8 heteroatoms. The molecule has 1 heterocycles. The van der Waals surface area contributed by atoms with E-state index in [2.05, 4.69) is 20.8 Å². The number of aromatic nitrogens is 4. The summed E-state index contributed by atoms with van der Waals surface area (Å²) in [6, 6.07) is 18.2. The van der Waals surface area contributed by atoms with Crippen molar-refractivity contribution >= 4 is 23.4 Å². The van der Waals surface area contributed by atoms with Crippen LogP contribution in [0, 0.1) is 11.3 Å². The van der Waals surface area contributed by atoms with Gasteiger partial charge in [-0.3, -0.25) is 4.79 Å². The standard InChI is InChI=1S/C17H14N6OS/c1-12(16(24)19-14-9-7-13(11-18)8-10-14)25-17-20-21-22-23(17)15-5-3-2-4-6-15/h2-10,12H,1H3,(H,19,24)/t12-/m1/s1. The van der Waals surface area contributed by atoms with E-state index < -0.39 is 5.25 Å². The molecule has 0 bridgehead atoms. The van der Waals surface area contributed by atoms with Crippen molar-refractivity contribution < 1.29 is 4.79 Å². The summed E-state index contributed by atoms with van der Waals surface area (Å²) in [5.41, 5.74) is 2.01. The maximum Gasteiger partial charge on any atom is 0.237 e. The summed E-state index contributed by atoms with van der Waals surface area (Å²) in [5.74, 6) is -0.169. The number of anilines is 1. The highest BCUT2D eigenvalue weighted by molar-refractivity contribution is 8.00.